The minimum absolute atomic E-state index is 0.0675. The summed E-state index contributed by atoms with van der Waals surface area (Å²) in [6.07, 6.45) is 0. The molecule has 0 spiro atoms. The van der Waals surface area contributed by atoms with Crippen LogP contribution in [0, 0.1) is 0 Å². The molecule has 0 fully saturated rings. The van der Waals surface area contributed by atoms with Crippen LogP contribution in [-0.2, 0) is 6.54 Å². The summed E-state index contributed by atoms with van der Waals surface area (Å²) in [5, 5.41) is 10.2. The second kappa shape index (κ2) is 6.29. The van der Waals surface area contributed by atoms with Crippen molar-refractivity contribution in [3.05, 3.63) is 63.1 Å². The summed E-state index contributed by atoms with van der Waals surface area (Å²) >= 11 is 9.22. The Balaban J connectivity index is 2.16. The molecule has 104 valence electrons. The number of rotatable bonds is 3. The van der Waals surface area contributed by atoms with E-state index in [9.17, 15) is 9.90 Å². The van der Waals surface area contributed by atoms with Crippen molar-refractivity contribution in [2.75, 3.05) is 7.05 Å². The largest absolute Gasteiger partial charge is 0.507 e. The van der Waals surface area contributed by atoms with Gasteiger partial charge in [0, 0.05) is 23.1 Å². The molecule has 0 aliphatic carbocycles. The molecular weight excluding hydrogens is 342 g/mol. The van der Waals surface area contributed by atoms with E-state index in [2.05, 4.69) is 15.9 Å². The van der Waals surface area contributed by atoms with Gasteiger partial charge < -0.3 is 10.0 Å². The molecule has 20 heavy (non-hydrogen) atoms. The van der Waals surface area contributed by atoms with E-state index in [1.807, 2.05) is 24.3 Å². The van der Waals surface area contributed by atoms with E-state index < -0.39 is 0 Å². The van der Waals surface area contributed by atoms with Crippen molar-refractivity contribution in [2.24, 2.45) is 0 Å². The minimum atomic E-state index is -0.270. The van der Waals surface area contributed by atoms with Gasteiger partial charge in [-0.15, -0.1) is 0 Å². The molecule has 0 heterocycles. The fraction of sp³-hybridized carbons (Fsp3) is 0.133. The van der Waals surface area contributed by atoms with Crippen LogP contribution in [-0.4, -0.2) is 23.0 Å². The number of carbonyl (C=O) groups is 1. The highest BCUT2D eigenvalue weighted by Crippen LogP contribution is 2.23. The Bertz CT molecular complexity index is 628. The summed E-state index contributed by atoms with van der Waals surface area (Å²) in [6, 6.07) is 12.1. The summed E-state index contributed by atoms with van der Waals surface area (Å²) < 4.78 is 0.989. The summed E-state index contributed by atoms with van der Waals surface area (Å²) in [7, 11) is 1.69. The predicted octanol–water partition coefficient (Wildman–Crippen LogP) is 4.08. The highest BCUT2D eigenvalue weighted by atomic mass is 79.9. The molecule has 2 aromatic rings. The Hall–Kier alpha value is -1.52. The SMILES string of the molecule is CN(Cc1ccc(Br)cc1)C(=O)c1cc(Cl)ccc1O. The van der Waals surface area contributed by atoms with Gasteiger partial charge >= 0.3 is 0 Å². The second-order valence-electron chi connectivity index (χ2n) is 4.45. The first-order chi connectivity index (χ1) is 9.47. The third-order valence-electron chi connectivity index (χ3n) is 2.87. The van der Waals surface area contributed by atoms with Gasteiger partial charge in [-0.1, -0.05) is 39.7 Å². The fourth-order valence-electron chi connectivity index (χ4n) is 1.82. The summed E-state index contributed by atoms with van der Waals surface area (Å²) in [4.78, 5) is 13.8. The van der Waals surface area contributed by atoms with Crippen molar-refractivity contribution in [1.29, 1.82) is 0 Å². The normalized spacial score (nSPS) is 10.3. The maximum absolute atomic E-state index is 12.3. The molecule has 1 amide bonds. The first kappa shape index (κ1) is 14.9. The lowest BCUT2D eigenvalue weighted by Crippen LogP contribution is -2.26. The molecule has 0 atom stereocenters. The molecule has 2 rings (SSSR count). The number of aromatic hydroxyl groups is 1. The van der Waals surface area contributed by atoms with Crippen molar-refractivity contribution in [1.82, 2.24) is 4.90 Å². The Labute approximate surface area is 130 Å². The summed E-state index contributed by atoms with van der Waals surface area (Å²) in [6.45, 7) is 0.456. The van der Waals surface area contributed by atoms with Gasteiger partial charge in [0.1, 0.15) is 5.75 Å². The molecule has 5 heteroatoms. The van der Waals surface area contributed by atoms with Crippen LogP contribution in [0.1, 0.15) is 15.9 Å². The number of hydrogen-bond acceptors (Lipinski definition) is 2. The van der Waals surface area contributed by atoms with Crippen LogP contribution in [0.5, 0.6) is 5.75 Å². The second-order valence-corrected chi connectivity index (χ2v) is 5.80. The Morgan fingerprint density at radius 2 is 1.90 bits per heavy atom. The van der Waals surface area contributed by atoms with Gasteiger partial charge in [0.15, 0.2) is 0 Å². The molecule has 0 bridgehead atoms. The third kappa shape index (κ3) is 3.52. The van der Waals surface area contributed by atoms with E-state index in [-0.39, 0.29) is 17.2 Å². The van der Waals surface area contributed by atoms with Gasteiger partial charge in [-0.3, -0.25) is 4.79 Å². The monoisotopic (exact) mass is 353 g/mol. The number of benzene rings is 2. The van der Waals surface area contributed by atoms with Gasteiger partial charge in [0.05, 0.1) is 5.56 Å². The highest BCUT2D eigenvalue weighted by molar-refractivity contribution is 9.10. The van der Waals surface area contributed by atoms with Crippen LogP contribution in [0.25, 0.3) is 0 Å². The number of amides is 1. The molecule has 3 nitrogen and oxygen atoms in total. The maximum atomic E-state index is 12.3. The summed E-state index contributed by atoms with van der Waals surface area (Å²) in [5.74, 6) is -0.338. The van der Waals surface area contributed by atoms with Crippen LogP contribution in [0.4, 0.5) is 0 Å². The third-order valence-corrected chi connectivity index (χ3v) is 3.63. The smallest absolute Gasteiger partial charge is 0.257 e. The molecule has 0 radical (unpaired) electrons. The first-order valence-electron chi connectivity index (χ1n) is 5.96. The van der Waals surface area contributed by atoms with Crippen LogP contribution < -0.4 is 0 Å². The Morgan fingerprint density at radius 3 is 2.55 bits per heavy atom. The summed E-state index contributed by atoms with van der Waals surface area (Å²) in [5.41, 5.74) is 1.21. The fourth-order valence-corrected chi connectivity index (χ4v) is 2.26. The van der Waals surface area contributed by atoms with E-state index >= 15 is 0 Å². The van der Waals surface area contributed by atoms with Gasteiger partial charge in [-0.25, -0.2) is 0 Å². The lowest BCUT2D eigenvalue weighted by Gasteiger charge is -2.18. The van der Waals surface area contributed by atoms with Crippen molar-refractivity contribution >= 4 is 33.4 Å². The maximum Gasteiger partial charge on any atom is 0.257 e. The van der Waals surface area contributed by atoms with Crippen LogP contribution in [0.3, 0.4) is 0 Å². The van der Waals surface area contributed by atoms with E-state index in [0.717, 1.165) is 10.0 Å². The molecular formula is C15H13BrClNO2. The number of carbonyl (C=O) groups excluding carboxylic acids is 1. The molecule has 0 unspecified atom stereocenters. The number of halogens is 2. The average molecular weight is 355 g/mol. The molecule has 0 aliphatic rings. The zero-order valence-corrected chi connectivity index (χ0v) is 13.1. The van der Waals surface area contributed by atoms with Crippen molar-refractivity contribution in [2.45, 2.75) is 6.54 Å². The minimum Gasteiger partial charge on any atom is -0.507 e. The number of phenolic OH excluding ortho intramolecular Hbond substituents is 1. The van der Waals surface area contributed by atoms with Crippen LogP contribution in [0.15, 0.2) is 46.9 Å². The van der Waals surface area contributed by atoms with Gasteiger partial charge in [0.25, 0.3) is 5.91 Å². The number of hydrogen-bond donors (Lipinski definition) is 1. The number of nitrogens with zero attached hydrogens (tertiary/aromatic N) is 1. The van der Waals surface area contributed by atoms with Gasteiger partial charge in [-0.2, -0.15) is 0 Å². The quantitative estimate of drug-likeness (QED) is 0.902. The standard InChI is InChI=1S/C15H13BrClNO2/c1-18(9-10-2-4-11(16)5-3-10)15(20)13-8-12(17)6-7-14(13)19/h2-8,19H,9H2,1H3. The number of phenols is 1. The molecule has 0 aliphatic heterocycles. The molecule has 0 saturated carbocycles. The van der Waals surface area contributed by atoms with Gasteiger partial charge in [-0.05, 0) is 35.9 Å². The lowest BCUT2D eigenvalue weighted by atomic mass is 10.1. The zero-order valence-electron chi connectivity index (χ0n) is 10.8. The predicted molar refractivity (Wildman–Crippen MR) is 83.1 cm³/mol. The molecule has 0 aromatic heterocycles. The Kier molecular flexibility index (Phi) is 4.68. The van der Waals surface area contributed by atoms with E-state index in [1.165, 1.54) is 17.0 Å². The van der Waals surface area contributed by atoms with E-state index in [4.69, 9.17) is 11.6 Å². The highest BCUT2D eigenvalue weighted by Gasteiger charge is 2.16. The van der Waals surface area contributed by atoms with Gasteiger partial charge in [0.2, 0.25) is 0 Å². The van der Waals surface area contributed by atoms with Crippen molar-refractivity contribution < 1.29 is 9.90 Å². The van der Waals surface area contributed by atoms with Crippen molar-refractivity contribution in [3.63, 3.8) is 0 Å². The van der Waals surface area contributed by atoms with E-state index in [0.29, 0.717) is 11.6 Å². The topological polar surface area (TPSA) is 40.5 Å². The van der Waals surface area contributed by atoms with Crippen molar-refractivity contribution in [3.8, 4) is 5.75 Å². The molecule has 0 saturated heterocycles. The van der Waals surface area contributed by atoms with Crippen LogP contribution in [0.2, 0.25) is 5.02 Å². The average Bonchev–Trinajstić information content (AvgIpc) is 2.43. The molecule has 2 aromatic carbocycles. The first-order valence-corrected chi connectivity index (χ1v) is 7.13. The lowest BCUT2D eigenvalue weighted by molar-refractivity contribution is 0.0782. The zero-order chi connectivity index (χ0) is 14.7. The Morgan fingerprint density at radius 1 is 1.25 bits per heavy atom. The van der Waals surface area contributed by atoms with Crippen LogP contribution >= 0.6 is 27.5 Å². The molecule has 1 N–H and O–H groups in total. The van der Waals surface area contributed by atoms with E-state index in [1.54, 1.807) is 13.1 Å².